The van der Waals surface area contributed by atoms with Crippen LogP contribution in [0.15, 0.2) is 12.1 Å². The van der Waals surface area contributed by atoms with Gasteiger partial charge in [-0.25, -0.2) is 13.6 Å². The van der Waals surface area contributed by atoms with Crippen LogP contribution in [0, 0.1) is 11.6 Å². The molecule has 1 amide bonds. The molecule has 0 aliphatic heterocycles. The first kappa shape index (κ1) is 11.1. The SMILES string of the molecule is COC(=O)c1cc(NC=O)c(F)cc1F. The van der Waals surface area contributed by atoms with Crippen molar-refractivity contribution in [2.24, 2.45) is 0 Å². The number of anilines is 1. The van der Waals surface area contributed by atoms with Crippen LogP contribution in [0.3, 0.4) is 0 Å². The van der Waals surface area contributed by atoms with Gasteiger partial charge in [-0.1, -0.05) is 0 Å². The Hall–Kier alpha value is -1.98. The molecule has 0 saturated carbocycles. The van der Waals surface area contributed by atoms with Gasteiger partial charge >= 0.3 is 5.97 Å². The zero-order chi connectivity index (χ0) is 11.4. The van der Waals surface area contributed by atoms with Gasteiger partial charge in [-0.05, 0) is 6.07 Å². The summed E-state index contributed by atoms with van der Waals surface area (Å²) in [5, 5.41) is 1.99. The molecule has 0 saturated heterocycles. The maximum absolute atomic E-state index is 13.1. The summed E-state index contributed by atoms with van der Waals surface area (Å²) in [6.45, 7) is 0. The number of methoxy groups -OCH3 is 1. The Morgan fingerprint density at radius 1 is 1.40 bits per heavy atom. The third-order valence-corrected chi connectivity index (χ3v) is 1.68. The largest absolute Gasteiger partial charge is 0.465 e. The number of amides is 1. The molecule has 0 spiro atoms. The fourth-order valence-electron chi connectivity index (χ4n) is 0.989. The Bertz CT molecular complexity index is 407. The van der Waals surface area contributed by atoms with Crippen molar-refractivity contribution in [2.45, 2.75) is 0 Å². The van der Waals surface area contributed by atoms with E-state index in [1.165, 1.54) is 0 Å². The maximum Gasteiger partial charge on any atom is 0.340 e. The van der Waals surface area contributed by atoms with Crippen molar-refractivity contribution in [3.63, 3.8) is 0 Å². The van der Waals surface area contributed by atoms with Gasteiger partial charge in [-0.3, -0.25) is 4.79 Å². The number of nitrogens with one attached hydrogen (secondary N) is 1. The lowest BCUT2D eigenvalue weighted by Gasteiger charge is -2.05. The van der Waals surface area contributed by atoms with Crippen LogP contribution in [0.4, 0.5) is 14.5 Å². The van der Waals surface area contributed by atoms with Gasteiger partial charge in [0.1, 0.15) is 11.6 Å². The monoisotopic (exact) mass is 215 g/mol. The van der Waals surface area contributed by atoms with Crippen LogP contribution in [0.2, 0.25) is 0 Å². The number of carbonyl (C=O) groups is 2. The molecular weight excluding hydrogens is 208 g/mol. The number of halogens is 2. The summed E-state index contributed by atoms with van der Waals surface area (Å²) < 4.78 is 30.3. The Morgan fingerprint density at radius 3 is 2.60 bits per heavy atom. The third kappa shape index (κ3) is 2.28. The van der Waals surface area contributed by atoms with E-state index in [1.54, 1.807) is 0 Å². The molecule has 1 aromatic carbocycles. The number of rotatable bonds is 3. The van der Waals surface area contributed by atoms with Crippen molar-refractivity contribution in [3.05, 3.63) is 29.3 Å². The average molecular weight is 215 g/mol. The van der Waals surface area contributed by atoms with Gasteiger partial charge in [0.15, 0.2) is 0 Å². The molecule has 0 aliphatic rings. The molecule has 0 fully saturated rings. The lowest BCUT2D eigenvalue weighted by atomic mass is 10.2. The van der Waals surface area contributed by atoms with Gasteiger partial charge in [-0.15, -0.1) is 0 Å². The quantitative estimate of drug-likeness (QED) is 0.611. The van der Waals surface area contributed by atoms with Crippen LogP contribution >= 0.6 is 0 Å². The third-order valence-electron chi connectivity index (χ3n) is 1.68. The molecule has 15 heavy (non-hydrogen) atoms. The van der Waals surface area contributed by atoms with Crippen molar-refractivity contribution in [1.29, 1.82) is 0 Å². The molecule has 1 N–H and O–H groups in total. The van der Waals surface area contributed by atoms with Gasteiger partial charge in [0, 0.05) is 6.07 Å². The van der Waals surface area contributed by atoms with E-state index in [4.69, 9.17) is 0 Å². The Kier molecular flexibility index (Phi) is 3.33. The van der Waals surface area contributed by atoms with Crippen molar-refractivity contribution in [3.8, 4) is 0 Å². The molecule has 80 valence electrons. The van der Waals surface area contributed by atoms with E-state index in [-0.39, 0.29) is 12.1 Å². The first-order valence-electron chi connectivity index (χ1n) is 3.87. The fraction of sp³-hybridized carbons (Fsp3) is 0.111. The first-order valence-corrected chi connectivity index (χ1v) is 3.87. The van der Waals surface area contributed by atoms with Gasteiger partial charge < -0.3 is 10.1 Å². The topological polar surface area (TPSA) is 55.4 Å². The number of carbonyl (C=O) groups excluding carboxylic acids is 2. The summed E-state index contributed by atoms with van der Waals surface area (Å²) in [6.07, 6.45) is 0.220. The molecule has 6 heteroatoms. The van der Waals surface area contributed by atoms with Gasteiger partial charge in [0.05, 0.1) is 18.4 Å². The van der Waals surface area contributed by atoms with Gasteiger partial charge in [-0.2, -0.15) is 0 Å². The van der Waals surface area contributed by atoms with Crippen LogP contribution in [0.1, 0.15) is 10.4 Å². The van der Waals surface area contributed by atoms with Crippen LogP contribution in [0.25, 0.3) is 0 Å². The molecular formula is C9H7F2NO3. The summed E-state index contributed by atoms with van der Waals surface area (Å²) >= 11 is 0. The number of hydrogen-bond donors (Lipinski definition) is 1. The summed E-state index contributed by atoms with van der Waals surface area (Å²) in [5.74, 6) is -2.95. The molecule has 0 unspecified atom stereocenters. The normalized spacial score (nSPS) is 9.53. The van der Waals surface area contributed by atoms with E-state index in [0.29, 0.717) is 6.07 Å². The standard InChI is InChI=1S/C9H7F2NO3/c1-15-9(14)5-2-8(12-4-13)7(11)3-6(5)10/h2-4H,1H3,(H,12,13). The van der Waals surface area contributed by atoms with Crippen molar-refractivity contribution in [2.75, 3.05) is 12.4 Å². The Labute approximate surface area is 83.8 Å². The predicted molar refractivity (Wildman–Crippen MR) is 47.4 cm³/mol. The molecule has 0 aromatic heterocycles. The molecule has 4 nitrogen and oxygen atoms in total. The van der Waals surface area contributed by atoms with Crippen LogP contribution in [-0.2, 0) is 9.53 Å². The highest BCUT2D eigenvalue weighted by Gasteiger charge is 2.16. The molecule has 0 aliphatic carbocycles. The molecule has 1 rings (SSSR count). The zero-order valence-corrected chi connectivity index (χ0v) is 7.71. The van der Waals surface area contributed by atoms with Crippen molar-refractivity contribution in [1.82, 2.24) is 0 Å². The van der Waals surface area contributed by atoms with E-state index < -0.39 is 23.2 Å². The zero-order valence-electron chi connectivity index (χ0n) is 7.71. The van der Waals surface area contributed by atoms with E-state index in [2.05, 4.69) is 4.74 Å². The minimum absolute atomic E-state index is 0.220. The highest BCUT2D eigenvalue weighted by Crippen LogP contribution is 2.19. The highest BCUT2D eigenvalue weighted by atomic mass is 19.1. The predicted octanol–water partition coefficient (Wildman–Crippen LogP) is 1.32. The van der Waals surface area contributed by atoms with E-state index in [9.17, 15) is 18.4 Å². The lowest BCUT2D eigenvalue weighted by Crippen LogP contribution is -2.07. The number of benzene rings is 1. The summed E-state index contributed by atoms with van der Waals surface area (Å²) in [5.41, 5.74) is -0.727. The van der Waals surface area contributed by atoms with Crippen molar-refractivity contribution >= 4 is 18.1 Å². The van der Waals surface area contributed by atoms with E-state index in [1.807, 2.05) is 5.32 Å². The molecule has 0 heterocycles. The van der Waals surface area contributed by atoms with Gasteiger partial charge in [0.25, 0.3) is 0 Å². The summed E-state index contributed by atoms with van der Waals surface area (Å²) in [6, 6.07) is 1.36. The minimum Gasteiger partial charge on any atom is -0.465 e. The van der Waals surface area contributed by atoms with Crippen LogP contribution < -0.4 is 5.32 Å². The number of ether oxygens (including phenoxy) is 1. The van der Waals surface area contributed by atoms with Crippen LogP contribution in [-0.4, -0.2) is 19.5 Å². The minimum atomic E-state index is -1.05. The second kappa shape index (κ2) is 4.50. The Morgan fingerprint density at radius 2 is 2.07 bits per heavy atom. The smallest absolute Gasteiger partial charge is 0.340 e. The summed E-state index contributed by atoms with van der Waals surface area (Å²) in [7, 11) is 1.07. The second-order valence-electron chi connectivity index (χ2n) is 2.57. The van der Waals surface area contributed by atoms with E-state index in [0.717, 1.165) is 13.2 Å². The van der Waals surface area contributed by atoms with Gasteiger partial charge in [0.2, 0.25) is 6.41 Å². The maximum atomic E-state index is 13.1. The second-order valence-corrected chi connectivity index (χ2v) is 2.57. The first-order chi connectivity index (χ1) is 7.10. The highest BCUT2D eigenvalue weighted by molar-refractivity contribution is 5.91. The van der Waals surface area contributed by atoms with Crippen molar-refractivity contribution < 1.29 is 23.1 Å². The fourth-order valence-corrected chi connectivity index (χ4v) is 0.989. The average Bonchev–Trinajstić information content (AvgIpc) is 2.21. The molecule has 0 bridgehead atoms. The summed E-state index contributed by atoms with van der Waals surface area (Å²) in [4.78, 5) is 21.1. The molecule has 1 aromatic rings. The number of esters is 1. The van der Waals surface area contributed by atoms with E-state index >= 15 is 0 Å². The Balaban J connectivity index is 3.22. The van der Waals surface area contributed by atoms with Crippen LogP contribution in [0.5, 0.6) is 0 Å². The lowest BCUT2D eigenvalue weighted by molar-refractivity contribution is -0.105. The number of hydrogen-bond acceptors (Lipinski definition) is 3. The molecule has 0 radical (unpaired) electrons. The molecule has 0 atom stereocenters.